The van der Waals surface area contributed by atoms with Crippen LogP contribution in [0.25, 0.3) is 5.57 Å². The first-order chi connectivity index (χ1) is 8.76. The van der Waals surface area contributed by atoms with Crippen LogP contribution in [-0.4, -0.2) is 16.8 Å². The van der Waals surface area contributed by atoms with E-state index in [-0.39, 0.29) is 22.8 Å². The topological polar surface area (TPSA) is 20.3 Å². The lowest BCUT2D eigenvalue weighted by Gasteiger charge is -2.35. The Bertz CT molecular complexity index is 579. The molecular weight excluding hydrogens is 254 g/mol. The first-order valence-corrected chi connectivity index (χ1v) is 7.71. The Kier molecular flexibility index (Phi) is 2.53. The van der Waals surface area contributed by atoms with Gasteiger partial charge in [0.15, 0.2) is 0 Å². The van der Waals surface area contributed by atoms with Crippen molar-refractivity contribution in [2.45, 2.75) is 47.2 Å². The minimum absolute atomic E-state index is 0.0422. The SMILES string of the molecule is CC1=CC2N(Cc3ccsc31)C(=O)C(C)(C)C2(C)C. The van der Waals surface area contributed by atoms with Gasteiger partial charge in [0, 0.05) is 16.8 Å². The molecule has 0 radical (unpaired) electrons. The molecule has 2 nitrogen and oxygen atoms in total. The van der Waals surface area contributed by atoms with Crippen LogP contribution in [0.3, 0.4) is 0 Å². The van der Waals surface area contributed by atoms with Gasteiger partial charge in [-0.05, 0) is 29.5 Å². The van der Waals surface area contributed by atoms with Crippen molar-refractivity contribution in [1.29, 1.82) is 0 Å². The van der Waals surface area contributed by atoms with E-state index < -0.39 is 0 Å². The summed E-state index contributed by atoms with van der Waals surface area (Å²) in [7, 11) is 0. The number of nitrogens with zero attached hydrogens (tertiary/aromatic N) is 1. The smallest absolute Gasteiger partial charge is 0.229 e. The summed E-state index contributed by atoms with van der Waals surface area (Å²) < 4.78 is 0. The molecule has 19 heavy (non-hydrogen) atoms. The van der Waals surface area contributed by atoms with Crippen LogP contribution in [0.1, 0.15) is 45.1 Å². The Morgan fingerprint density at radius 3 is 2.68 bits per heavy atom. The molecule has 1 aromatic heterocycles. The van der Waals surface area contributed by atoms with E-state index in [4.69, 9.17) is 0 Å². The molecule has 2 aliphatic heterocycles. The lowest BCUT2D eigenvalue weighted by molar-refractivity contribution is -0.136. The molecule has 3 heterocycles. The minimum Gasteiger partial charge on any atom is -0.331 e. The lowest BCUT2D eigenvalue weighted by Crippen LogP contribution is -2.37. The maximum absolute atomic E-state index is 12.8. The normalized spacial score (nSPS) is 27.6. The van der Waals surface area contributed by atoms with Gasteiger partial charge in [-0.1, -0.05) is 33.8 Å². The third kappa shape index (κ3) is 1.51. The number of amides is 1. The highest BCUT2D eigenvalue weighted by atomic mass is 32.1. The monoisotopic (exact) mass is 275 g/mol. The highest BCUT2D eigenvalue weighted by Gasteiger charge is 2.58. The van der Waals surface area contributed by atoms with Gasteiger partial charge < -0.3 is 4.90 Å². The number of carbonyl (C=O) groups excluding carboxylic acids is 1. The van der Waals surface area contributed by atoms with E-state index in [9.17, 15) is 4.79 Å². The van der Waals surface area contributed by atoms with Crippen molar-refractivity contribution in [1.82, 2.24) is 4.90 Å². The molecule has 0 aromatic carbocycles. The number of rotatable bonds is 0. The molecular formula is C16H21NOS. The van der Waals surface area contributed by atoms with Crippen molar-refractivity contribution < 1.29 is 4.79 Å². The highest BCUT2D eigenvalue weighted by molar-refractivity contribution is 7.11. The summed E-state index contributed by atoms with van der Waals surface area (Å²) in [5, 5.41) is 2.12. The first kappa shape index (κ1) is 12.9. The molecule has 3 heteroatoms. The van der Waals surface area contributed by atoms with Gasteiger partial charge in [0.25, 0.3) is 0 Å². The average Bonchev–Trinajstić information content (AvgIpc) is 2.78. The summed E-state index contributed by atoms with van der Waals surface area (Å²) >= 11 is 1.78. The second-order valence-electron chi connectivity index (χ2n) is 6.85. The Morgan fingerprint density at radius 1 is 1.32 bits per heavy atom. The van der Waals surface area contributed by atoms with Crippen LogP contribution in [-0.2, 0) is 11.3 Å². The third-order valence-electron chi connectivity index (χ3n) is 5.34. The summed E-state index contributed by atoms with van der Waals surface area (Å²) in [4.78, 5) is 16.2. The van der Waals surface area contributed by atoms with Gasteiger partial charge >= 0.3 is 0 Å². The number of thiophene rings is 1. The number of allylic oxidation sites excluding steroid dienone is 1. The summed E-state index contributed by atoms with van der Waals surface area (Å²) in [6, 6.07) is 2.36. The third-order valence-corrected chi connectivity index (χ3v) is 6.43. The molecule has 1 atom stereocenters. The van der Waals surface area contributed by atoms with Crippen LogP contribution in [0.4, 0.5) is 0 Å². The van der Waals surface area contributed by atoms with E-state index in [2.05, 4.69) is 57.0 Å². The van der Waals surface area contributed by atoms with Crippen LogP contribution >= 0.6 is 11.3 Å². The van der Waals surface area contributed by atoms with Crippen LogP contribution < -0.4 is 0 Å². The summed E-state index contributed by atoms with van der Waals surface area (Å²) in [6.45, 7) is 11.5. The molecule has 0 saturated carbocycles. The average molecular weight is 275 g/mol. The van der Waals surface area contributed by atoms with Crippen LogP contribution in [0, 0.1) is 10.8 Å². The van der Waals surface area contributed by atoms with Gasteiger partial charge in [0.1, 0.15) is 0 Å². The van der Waals surface area contributed by atoms with E-state index in [1.165, 1.54) is 16.0 Å². The highest BCUT2D eigenvalue weighted by Crippen LogP contribution is 2.53. The number of hydrogen-bond donors (Lipinski definition) is 0. The van der Waals surface area contributed by atoms with E-state index in [1.807, 2.05) is 0 Å². The summed E-state index contributed by atoms with van der Waals surface area (Å²) in [5.41, 5.74) is 2.26. The van der Waals surface area contributed by atoms with Gasteiger partial charge in [-0.25, -0.2) is 0 Å². The predicted octanol–water partition coefficient (Wildman–Crippen LogP) is 3.93. The molecule has 2 aliphatic rings. The van der Waals surface area contributed by atoms with Crippen LogP contribution in [0.5, 0.6) is 0 Å². The zero-order valence-electron chi connectivity index (χ0n) is 12.3. The van der Waals surface area contributed by atoms with Gasteiger partial charge in [0.05, 0.1) is 11.5 Å². The molecule has 1 fully saturated rings. The second kappa shape index (κ2) is 3.72. The Labute approximate surface area is 119 Å². The zero-order chi connectivity index (χ0) is 14.0. The predicted molar refractivity (Wildman–Crippen MR) is 79.9 cm³/mol. The van der Waals surface area contributed by atoms with Crippen LogP contribution in [0.2, 0.25) is 0 Å². The summed E-state index contributed by atoms with van der Waals surface area (Å²) in [5.74, 6) is 0.283. The fourth-order valence-electron chi connectivity index (χ4n) is 3.29. The maximum atomic E-state index is 12.8. The number of fused-ring (bicyclic) bond motifs is 2. The molecule has 0 bridgehead atoms. The molecule has 102 valence electrons. The van der Waals surface area contributed by atoms with E-state index in [1.54, 1.807) is 11.3 Å². The fraction of sp³-hybridized carbons (Fsp3) is 0.562. The molecule has 0 spiro atoms. The summed E-state index contributed by atoms with van der Waals surface area (Å²) in [6.07, 6.45) is 2.30. The Hall–Kier alpha value is -1.09. The van der Waals surface area contributed by atoms with E-state index in [0.717, 1.165) is 6.54 Å². The van der Waals surface area contributed by atoms with Gasteiger partial charge in [-0.15, -0.1) is 11.3 Å². The Balaban J connectivity index is 2.16. The van der Waals surface area contributed by atoms with Crippen molar-refractivity contribution >= 4 is 22.8 Å². The van der Waals surface area contributed by atoms with E-state index >= 15 is 0 Å². The van der Waals surface area contributed by atoms with E-state index in [0.29, 0.717) is 0 Å². The minimum atomic E-state index is -0.304. The standard InChI is InChI=1S/C16H21NOS/c1-10-8-12-15(2,3)16(4,5)14(18)17(12)9-11-6-7-19-13(10)11/h6-8,12H,9H2,1-5H3. The van der Waals surface area contributed by atoms with Gasteiger partial charge in [-0.2, -0.15) is 0 Å². The van der Waals surface area contributed by atoms with Crippen LogP contribution in [0.15, 0.2) is 17.5 Å². The Morgan fingerprint density at radius 2 is 2.00 bits per heavy atom. The molecule has 1 aromatic rings. The van der Waals surface area contributed by atoms with Crippen molar-refractivity contribution in [3.8, 4) is 0 Å². The molecule has 0 aliphatic carbocycles. The maximum Gasteiger partial charge on any atom is 0.229 e. The fourth-order valence-corrected chi connectivity index (χ4v) is 4.20. The zero-order valence-corrected chi connectivity index (χ0v) is 13.1. The molecule has 1 saturated heterocycles. The lowest BCUT2D eigenvalue weighted by atomic mass is 9.67. The van der Waals surface area contributed by atoms with Gasteiger partial charge in [-0.3, -0.25) is 4.79 Å². The molecule has 1 amide bonds. The second-order valence-corrected chi connectivity index (χ2v) is 7.77. The molecule has 0 N–H and O–H groups in total. The number of carbonyl (C=O) groups is 1. The van der Waals surface area contributed by atoms with Crippen molar-refractivity contribution in [3.05, 3.63) is 28.0 Å². The van der Waals surface area contributed by atoms with Crippen molar-refractivity contribution in [3.63, 3.8) is 0 Å². The molecule has 1 unspecified atom stereocenters. The molecule has 3 rings (SSSR count). The van der Waals surface area contributed by atoms with Gasteiger partial charge in [0.2, 0.25) is 5.91 Å². The van der Waals surface area contributed by atoms with Crippen molar-refractivity contribution in [2.75, 3.05) is 0 Å². The quantitative estimate of drug-likeness (QED) is 0.702. The number of hydrogen-bond acceptors (Lipinski definition) is 2. The van der Waals surface area contributed by atoms with Crippen molar-refractivity contribution in [2.24, 2.45) is 10.8 Å². The first-order valence-electron chi connectivity index (χ1n) is 6.83. The largest absolute Gasteiger partial charge is 0.331 e.